The number of hydrogen-bond acceptors (Lipinski definition) is 1. The van der Waals surface area contributed by atoms with Crippen molar-refractivity contribution in [3.63, 3.8) is 0 Å². The van der Waals surface area contributed by atoms with Crippen LogP contribution in [0, 0.1) is 13.8 Å². The van der Waals surface area contributed by atoms with Gasteiger partial charge in [0, 0.05) is 0 Å². The third-order valence-electron chi connectivity index (χ3n) is 2.39. The molecular formula is C14H12Br2O. The fraction of sp³-hybridized carbons (Fsp3) is 0.143. The second-order valence-electron chi connectivity index (χ2n) is 3.97. The summed E-state index contributed by atoms with van der Waals surface area (Å²) < 4.78 is 7.78. The lowest BCUT2D eigenvalue weighted by Gasteiger charge is -2.10. The van der Waals surface area contributed by atoms with Crippen LogP contribution in [0.2, 0.25) is 0 Å². The van der Waals surface area contributed by atoms with Crippen molar-refractivity contribution < 1.29 is 4.74 Å². The molecule has 0 spiro atoms. The fourth-order valence-electron chi connectivity index (χ4n) is 1.50. The molecule has 0 saturated carbocycles. The highest BCUT2D eigenvalue weighted by atomic mass is 79.9. The number of hydrogen-bond donors (Lipinski definition) is 0. The molecule has 88 valence electrons. The van der Waals surface area contributed by atoms with Crippen molar-refractivity contribution in [2.45, 2.75) is 13.8 Å². The van der Waals surface area contributed by atoms with E-state index in [1.165, 1.54) is 11.1 Å². The van der Waals surface area contributed by atoms with Gasteiger partial charge in [0.1, 0.15) is 11.5 Å². The molecule has 0 heterocycles. The summed E-state index contributed by atoms with van der Waals surface area (Å²) in [6.45, 7) is 4.10. The summed E-state index contributed by atoms with van der Waals surface area (Å²) in [6, 6.07) is 12.1. The standard InChI is InChI=1S/C14H12Br2O/c1-9-3-5-13(11(15)7-9)17-14-6-4-10(2)8-12(14)16/h3-8H,1-2H3. The van der Waals surface area contributed by atoms with Crippen LogP contribution in [-0.4, -0.2) is 0 Å². The molecule has 17 heavy (non-hydrogen) atoms. The van der Waals surface area contributed by atoms with Crippen molar-refractivity contribution in [3.8, 4) is 11.5 Å². The average Bonchev–Trinajstić information content (AvgIpc) is 2.25. The average molecular weight is 356 g/mol. The topological polar surface area (TPSA) is 9.23 Å². The number of ether oxygens (including phenoxy) is 1. The molecule has 0 aliphatic rings. The van der Waals surface area contributed by atoms with Crippen molar-refractivity contribution in [2.24, 2.45) is 0 Å². The van der Waals surface area contributed by atoms with Gasteiger partial charge in [-0.05, 0) is 81.1 Å². The molecule has 0 atom stereocenters. The monoisotopic (exact) mass is 354 g/mol. The predicted molar refractivity (Wildman–Crippen MR) is 77.8 cm³/mol. The van der Waals surface area contributed by atoms with E-state index >= 15 is 0 Å². The second kappa shape index (κ2) is 5.23. The van der Waals surface area contributed by atoms with Gasteiger partial charge in [0.2, 0.25) is 0 Å². The maximum absolute atomic E-state index is 5.86. The molecular weight excluding hydrogens is 344 g/mol. The van der Waals surface area contributed by atoms with E-state index in [1.54, 1.807) is 0 Å². The minimum Gasteiger partial charge on any atom is -0.455 e. The Morgan fingerprint density at radius 2 is 1.18 bits per heavy atom. The van der Waals surface area contributed by atoms with E-state index in [2.05, 4.69) is 45.7 Å². The van der Waals surface area contributed by atoms with Gasteiger partial charge in [-0.3, -0.25) is 0 Å². The smallest absolute Gasteiger partial charge is 0.141 e. The van der Waals surface area contributed by atoms with E-state index in [9.17, 15) is 0 Å². The van der Waals surface area contributed by atoms with Crippen molar-refractivity contribution in [1.82, 2.24) is 0 Å². The van der Waals surface area contributed by atoms with Gasteiger partial charge in [-0.25, -0.2) is 0 Å². The third-order valence-corrected chi connectivity index (χ3v) is 3.63. The zero-order valence-electron chi connectivity index (χ0n) is 9.63. The second-order valence-corrected chi connectivity index (χ2v) is 5.68. The van der Waals surface area contributed by atoms with Gasteiger partial charge in [0.25, 0.3) is 0 Å². The van der Waals surface area contributed by atoms with Crippen molar-refractivity contribution >= 4 is 31.9 Å². The van der Waals surface area contributed by atoms with Crippen LogP contribution in [0.1, 0.15) is 11.1 Å². The van der Waals surface area contributed by atoms with Gasteiger partial charge in [-0.2, -0.15) is 0 Å². The molecule has 0 saturated heterocycles. The van der Waals surface area contributed by atoms with E-state index in [4.69, 9.17) is 4.74 Å². The summed E-state index contributed by atoms with van der Waals surface area (Å²) in [4.78, 5) is 0. The van der Waals surface area contributed by atoms with E-state index in [0.29, 0.717) is 0 Å². The summed E-state index contributed by atoms with van der Waals surface area (Å²) in [5.41, 5.74) is 2.40. The van der Waals surface area contributed by atoms with E-state index < -0.39 is 0 Å². The van der Waals surface area contributed by atoms with Crippen LogP contribution in [0.3, 0.4) is 0 Å². The number of rotatable bonds is 2. The number of benzene rings is 2. The largest absolute Gasteiger partial charge is 0.455 e. The molecule has 0 fully saturated rings. The molecule has 1 nitrogen and oxygen atoms in total. The molecule has 0 radical (unpaired) electrons. The molecule has 2 rings (SSSR count). The Balaban J connectivity index is 2.31. The van der Waals surface area contributed by atoms with Crippen molar-refractivity contribution in [3.05, 3.63) is 56.5 Å². The molecule has 0 aliphatic carbocycles. The Morgan fingerprint density at radius 1 is 0.765 bits per heavy atom. The third kappa shape index (κ3) is 3.11. The van der Waals surface area contributed by atoms with Crippen molar-refractivity contribution in [1.29, 1.82) is 0 Å². The lowest BCUT2D eigenvalue weighted by Crippen LogP contribution is -1.88. The Labute approximate surface area is 118 Å². The van der Waals surface area contributed by atoms with Crippen LogP contribution < -0.4 is 4.74 Å². The zero-order chi connectivity index (χ0) is 12.4. The normalized spacial score (nSPS) is 10.4. The van der Waals surface area contributed by atoms with E-state index in [-0.39, 0.29) is 0 Å². The van der Waals surface area contributed by atoms with Crippen LogP contribution in [0.5, 0.6) is 11.5 Å². The lowest BCUT2D eigenvalue weighted by atomic mass is 10.2. The Kier molecular flexibility index (Phi) is 3.89. The summed E-state index contributed by atoms with van der Waals surface area (Å²) in [5, 5.41) is 0. The highest BCUT2D eigenvalue weighted by Gasteiger charge is 2.06. The highest BCUT2D eigenvalue weighted by Crippen LogP contribution is 2.34. The van der Waals surface area contributed by atoms with Gasteiger partial charge in [0.05, 0.1) is 8.95 Å². The van der Waals surface area contributed by atoms with Gasteiger partial charge < -0.3 is 4.74 Å². The molecule has 2 aromatic rings. The predicted octanol–water partition coefficient (Wildman–Crippen LogP) is 5.62. The minimum atomic E-state index is 0.820. The van der Waals surface area contributed by atoms with E-state index in [1.807, 2.05) is 36.4 Å². The Hall–Kier alpha value is -0.800. The summed E-state index contributed by atoms with van der Waals surface area (Å²) >= 11 is 7.01. The van der Waals surface area contributed by atoms with Crippen LogP contribution in [0.15, 0.2) is 45.3 Å². The van der Waals surface area contributed by atoms with Gasteiger partial charge in [-0.15, -0.1) is 0 Å². The first kappa shape index (κ1) is 12.7. The molecule has 0 bridgehead atoms. The fourth-order valence-corrected chi connectivity index (χ4v) is 2.64. The van der Waals surface area contributed by atoms with Gasteiger partial charge in [-0.1, -0.05) is 12.1 Å². The quantitative estimate of drug-likeness (QED) is 0.679. The van der Waals surface area contributed by atoms with Crippen LogP contribution in [0.4, 0.5) is 0 Å². The molecule has 0 N–H and O–H groups in total. The SMILES string of the molecule is Cc1ccc(Oc2ccc(C)cc2Br)c(Br)c1. The summed E-state index contributed by atoms with van der Waals surface area (Å²) in [5.74, 6) is 1.64. The lowest BCUT2D eigenvalue weighted by molar-refractivity contribution is 0.476. The Bertz CT molecular complexity index is 500. The summed E-state index contributed by atoms with van der Waals surface area (Å²) in [7, 11) is 0. The van der Waals surface area contributed by atoms with E-state index in [0.717, 1.165) is 20.4 Å². The van der Waals surface area contributed by atoms with Crippen LogP contribution in [-0.2, 0) is 0 Å². The molecule has 0 aromatic heterocycles. The van der Waals surface area contributed by atoms with Crippen molar-refractivity contribution in [2.75, 3.05) is 0 Å². The first-order valence-corrected chi connectivity index (χ1v) is 6.85. The maximum Gasteiger partial charge on any atom is 0.141 e. The summed E-state index contributed by atoms with van der Waals surface area (Å²) in [6.07, 6.45) is 0. The highest BCUT2D eigenvalue weighted by molar-refractivity contribution is 9.11. The molecule has 0 amide bonds. The number of halogens is 2. The number of aryl methyl sites for hydroxylation is 2. The molecule has 0 aliphatic heterocycles. The molecule has 0 unspecified atom stereocenters. The maximum atomic E-state index is 5.86. The first-order valence-electron chi connectivity index (χ1n) is 5.26. The van der Waals surface area contributed by atoms with Crippen LogP contribution in [0.25, 0.3) is 0 Å². The zero-order valence-corrected chi connectivity index (χ0v) is 12.8. The molecule has 2 aromatic carbocycles. The molecule has 3 heteroatoms. The Morgan fingerprint density at radius 3 is 1.53 bits per heavy atom. The van der Waals surface area contributed by atoms with Gasteiger partial charge >= 0.3 is 0 Å². The van der Waals surface area contributed by atoms with Gasteiger partial charge in [0.15, 0.2) is 0 Å². The van der Waals surface area contributed by atoms with Crippen LogP contribution >= 0.6 is 31.9 Å². The first-order chi connectivity index (χ1) is 8.06. The minimum absolute atomic E-state index is 0.820.